The highest BCUT2D eigenvalue weighted by Gasteiger charge is 2.30. The largest absolute Gasteiger partial charge is 0.291 e. The van der Waals surface area contributed by atoms with E-state index in [1.165, 1.54) is 25.2 Å². The molecule has 0 N–H and O–H groups in total. The average molecular weight is 385 g/mol. The maximum atomic E-state index is 12.7. The topological polar surface area (TPSA) is 80.5 Å². The lowest BCUT2D eigenvalue weighted by Crippen LogP contribution is -2.27. The number of benzene rings is 2. The predicted octanol–water partition coefficient (Wildman–Crippen LogP) is 3.49. The van der Waals surface area contributed by atoms with Crippen LogP contribution in [-0.2, 0) is 10.0 Å². The van der Waals surface area contributed by atoms with Crippen molar-refractivity contribution in [3.05, 3.63) is 62.6 Å². The molecule has 0 fully saturated rings. The molecule has 2 aromatic rings. The maximum absolute atomic E-state index is 12.7. The number of anilines is 1. The van der Waals surface area contributed by atoms with Gasteiger partial charge in [-0.3, -0.25) is 14.4 Å². The number of nitro groups is 1. The zero-order chi connectivity index (χ0) is 16.5. The van der Waals surface area contributed by atoms with Gasteiger partial charge in [0.2, 0.25) is 0 Å². The van der Waals surface area contributed by atoms with E-state index in [2.05, 4.69) is 15.9 Å². The van der Waals surface area contributed by atoms with Gasteiger partial charge in [0.25, 0.3) is 15.7 Å². The van der Waals surface area contributed by atoms with E-state index in [-0.39, 0.29) is 4.90 Å². The molecule has 2 aromatic carbocycles. The first kappa shape index (κ1) is 16.4. The summed E-state index contributed by atoms with van der Waals surface area (Å²) in [6.45, 7) is 1.84. The van der Waals surface area contributed by atoms with Crippen molar-refractivity contribution in [2.75, 3.05) is 11.4 Å². The zero-order valence-corrected chi connectivity index (χ0v) is 14.3. The highest BCUT2D eigenvalue weighted by atomic mass is 79.9. The Kier molecular flexibility index (Phi) is 4.52. The Morgan fingerprint density at radius 1 is 1.18 bits per heavy atom. The van der Waals surface area contributed by atoms with Gasteiger partial charge in [-0.15, -0.1) is 0 Å². The number of rotatable bonds is 4. The van der Waals surface area contributed by atoms with E-state index < -0.39 is 20.6 Å². The summed E-state index contributed by atoms with van der Waals surface area (Å²) in [5.41, 5.74) is 0.871. The third-order valence-corrected chi connectivity index (χ3v) is 5.45. The first-order chi connectivity index (χ1) is 10.2. The fraction of sp³-hybridized carbons (Fsp3) is 0.143. The minimum Gasteiger partial charge on any atom is -0.269 e. The second kappa shape index (κ2) is 6.05. The Bertz CT molecular complexity index is 836. The molecular weight excluding hydrogens is 372 g/mol. The summed E-state index contributed by atoms with van der Waals surface area (Å²) in [4.78, 5) is 10.1. The summed E-state index contributed by atoms with van der Waals surface area (Å²) in [7, 11) is -2.66. The standard InChI is InChI=1S/C14H13BrN2O4S/c1-10-4-3-5-12(8-10)16(2)22(20,21)14-7-6-11(15)9-13(14)17(18)19/h3-9H,1-2H3. The van der Waals surface area contributed by atoms with Crippen LogP contribution in [0.1, 0.15) is 5.56 Å². The van der Waals surface area contributed by atoms with Crippen LogP contribution in [0.4, 0.5) is 11.4 Å². The third-order valence-electron chi connectivity index (χ3n) is 3.12. The summed E-state index contributed by atoms with van der Waals surface area (Å²) in [5.74, 6) is 0. The Labute approximate surface area is 136 Å². The summed E-state index contributed by atoms with van der Waals surface area (Å²) in [6, 6.07) is 10.8. The van der Waals surface area contributed by atoms with E-state index in [1.807, 2.05) is 13.0 Å². The summed E-state index contributed by atoms with van der Waals surface area (Å²) in [6.07, 6.45) is 0. The second-order valence-corrected chi connectivity index (χ2v) is 7.53. The van der Waals surface area contributed by atoms with E-state index in [0.29, 0.717) is 10.2 Å². The molecule has 0 saturated heterocycles. The maximum Gasteiger partial charge on any atom is 0.291 e. The smallest absolute Gasteiger partial charge is 0.269 e. The molecule has 0 aliphatic heterocycles. The van der Waals surface area contributed by atoms with Gasteiger partial charge >= 0.3 is 0 Å². The summed E-state index contributed by atoms with van der Waals surface area (Å²) in [5, 5.41) is 11.1. The summed E-state index contributed by atoms with van der Waals surface area (Å²) < 4.78 is 26.9. The van der Waals surface area contributed by atoms with Crippen LogP contribution in [0, 0.1) is 17.0 Å². The molecule has 0 bridgehead atoms. The van der Waals surface area contributed by atoms with Crippen LogP contribution in [0.3, 0.4) is 0 Å². The van der Waals surface area contributed by atoms with Crippen molar-refractivity contribution in [2.45, 2.75) is 11.8 Å². The molecule has 0 unspecified atom stereocenters. The fourth-order valence-electron chi connectivity index (χ4n) is 1.96. The molecule has 0 aliphatic carbocycles. The highest BCUT2D eigenvalue weighted by Crippen LogP contribution is 2.31. The monoisotopic (exact) mass is 384 g/mol. The minimum absolute atomic E-state index is 0.343. The highest BCUT2D eigenvalue weighted by molar-refractivity contribution is 9.10. The quantitative estimate of drug-likeness (QED) is 0.596. The lowest BCUT2D eigenvalue weighted by atomic mass is 10.2. The van der Waals surface area contributed by atoms with Crippen LogP contribution in [0.5, 0.6) is 0 Å². The molecule has 0 heterocycles. The number of halogens is 1. The van der Waals surface area contributed by atoms with Crippen LogP contribution in [0.2, 0.25) is 0 Å². The normalized spacial score (nSPS) is 11.2. The predicted molar refractivity (Wildman–Crippen MR) is 87.6 cm³/mol. The lowest BCUT2D eigenvalue weighted by Gasteiger charge is -2.19. The Hall–Kier alpha value is -1.93. The summed E-state index contributed by atoms with van der Waals surface area (Å²) >= 11 is 3.11. The van der Waals surface area contributed by atoms with Crippen molar-refractivity contribution >= 4 is 37.3 Å². The van der Waals surface area contributed by atoms with Gasteiger partial charge in [0, 0.05) is 17.6 Å². The molecule has 22 heavy (non-hydrogen) atoms. The Morgan fingerprint density at radius 3 is 2.45 bits per heavy atom. The number of nitrogens with zero attached hydrogens (tertiary/aromatic N) is 2. The average Bonchev–Trinajstić information content (AvgIpc) is 2.46. The van der Waals surface area contributed by atoms with Crippen molar-refractivity contribution in [3.8, 4) is 0 Å². The van der Waals surface area contributed by atoms with Crippen LogP contribution >= 0.6 is 15.9 Å². The molecule has 0 radical (unpaired) electrons. The van der Waals surface area contributed by atoms with Crippen LogP contribution < -0.4 is 4.31 Å². The molecule has 0 atom stereocenters. The molecule has 6 nitrogen and oxygen atoms in total. The van der Waals surface area contributed by atoms with E-state index in [1.54, 1.807) is 18.2 Å². The number of hydrogen-bond acceptors (Lipinski definition) is 4. The molecule has 8 heteroatoms. The van der Waals surface area contributed by atoms with E-state index in [9.17, 15) is 18.5 Å². The lowest BCUT2D eigenvalue weighted by molar-refractivity contribution is -0.387. The molecule has 2 rings (SSSR count). The minimum atomic E-state index is -4.03. The second-order valence-electron chi connectivity index (χ2n) is 4.68. The number of sulfonamides is 1. The van der Waals surface area contributed by atoms with Crippen LogP contribution in [0.15, 0.2) is 51.8 Å². The molecule has 0 aliphatic rings. The van der Waals surface area contributed by atoms with Gasteiger partial charge in [-0.2, -0.15) is 0 Å². The van der Waals surface area contributed by atoms with Gasteiger partial charge < -0.3 is 0 Å². The fourth-order valence-corrected chi connectivity index (χ4v) is 3.63. The zero-order valence-electron chi connectivity index (χ0n) is 11.9. The van der Waals surface area contributed by atoms with E-state index in [4.69, 9.17) is 0 Å². The van der Waals surface area contributed by atoms with Gasteiger partial charge in [-0.25, -0.2) is 8.42 Å². The Balaban J connectivity index is 2.58. The van der Waals surface area contributed by atoms with Crippen molar-refractivity contribution < 1.29 is 13.3 Å². The first-order valence-corrected chi connectivity index (χ1v) is 8.46. The molecule has 0 spiro atoms. The van der Waals surface area contributed by atoms with Crippen molar-refractivity contribution in [1.82, 2.24) is 0 Å². The van der Waals surface area contributed by atoms with Gasteiger partial charge in [-0.05, 0) is 36.8 Å². The van der Waals surface area contributed by atoms with Gasteiger partial charge in [-0.1, -0.05) is 28.1 Å². The molecule has 0 saturated carbocycles. The van der Waals surface area contributed by atoms with Crippen molar-refractivity contribution in [2.24, 2.45) is 0 Å². The Morgan fingerprint density at radius 2 is 1.86 bits per heavy atom. The van der Waals surface area contributed by atoms with Crippen LogP contribution in [0.25, 0.3) is 0 Å². The number of aryl methyl sites for hydroxylation is 1. The SMILES string of the molecule is Cc1cccc(N(C)S(=O)(=O)c2ccc(Br)cc2[N+](=O)[O-])c1. The molecule has 0 aromatic heterocycles. The van der Waals surface area contributed by atoms with Crippen LogP contribution in [-0.4, -0.2) is 20.4 Å². The van der Waals surface area contributed by atoms with Gasteiger partial charge in [0.15, 0.2) is 4.90 Å². The van der Waals surface area contributed by atoms with Crippen molar-refractivity contribution in [3.63, 3.8) is 0 Å². The molecule has 116 valence electrons. The van der Waals surface area contributed by atoms with Crippen molar-refractivity contribution in [1.29, 1.82) is 0 Å². The van der Waals surface area contributed by atoms with E-state index in [0.717, 1.165) is 9.87 Å². The molecular formula is C14H13BrN2O4S. The number of nitro benzene ring substituents is 1. The third kappa shape index (κ3) is 3.12. The van der Waals surface area contributed by atoms with Gasteiger partial charge in [0.05, 0.1) is 10.6 Å². The molecule has 0 amide bonds. The van der Waals surface area contributed by atoms with E-state index >= 15 is 0 Å². The number of hydrogen-bond donors (Lipinski definition) is 0. The first-order valence-electron chi connectivity index (χ1n) is 6.23. The van der Waals surface area contributed by atoms with Gasteiger partial charge in [0.1, 0.15) is 0 Å².